The van der Waals surface area contributed by atoms with Crippen LogP contribution in [0.25, 0.3) is 0 Å². The molecule has 2 nitrogen and oxygen atoms in total. The summed E-state index contributed by atoms with van der Waals surface area (Å²) >= 11 is 0. The zero-order chi connectivity index (χ0) is 23.9. The van der Waals surface area contributed by atoms with Crippen LogP contribution in [-0.2, 0) is 4.79 Å². The number of carbonyl (C=O) groups is 1. The number of rotatable bonds is 9. The predicted octanol–water partition coefficient (Wildman–Crippen LogP) is 5.78. The third-order valence-corrected chi connectivity index (χ3v) is 3.20. The molecule has 0 aromatic rings. The van der Waals surface area contributed by atoms with Crippen LogP contribution in [0.5, 0.6) is 0 Å². The van der Waals surface area contributed by atoms with E-state index < -0.39 is 66.6 Å². The van der Waals surface area contributed by atoms with Crippen LogP contribution in [0.1, 0.15) is 12.8 Å². The maximum atomic E-state index is 13.3. The van der Waals surface area contributed by atoms with Crippen molar-refractivity contribution in [1.29, 1.82) is 0 Å². The number of aliphatic carboxylic acids is 1. The van der Waals surface area contributed by atoms with Crippen LogP contribution >= 0.6 is 0 Å². The van der Waals surface area contributed by atoms with E-state index in [0.29, 0.717) is 0 Å². The van der Waals surface area contributed by atoms with Crippen LogP contribution in [0, 0.1) is 0 Å². The first kappa shape index (κ1) is 27.2. The molecule has 0 unspecified atom stereocenters. The van der Waals surface area contributed by atoms with E-state index in [2.05, 4.69) is 0 Å². The lowest BCUT2D eigenvalue weighted by Crippen LogP contribution is -2.72. The molecule has 0 aromatic carbocycles. The second-order valence-electron chi connectivity index (χ2n) is 5.33. The van der Waals surface area contributed by atoms with Gasteiger partial charge in [-0.3, -0.25) is 4.79 Å². The molecule has 0 spiro atoms. The Labute approximate surface area is 150 Å². The molecule has 29 heavy (non-hydrogen) atoms. The molecule has 172 valence electrons. The molecule has 0 aliphatic rings. The van der Waals surface area contributed by atoms with Crippen molar-refractivity contribution in [3.63, 3.8) is 0 Å². The van der Waals surface area contributed by atoms with Gasteiger partial charge in [0.1, 0.15) is 0 Å². The van der Waals surface area contributed by atoms with E-state index >= 15 is 0 Å². The van der Waals surface area contributed by atoms with Gasteiger partial charge in [-0.05, 0) is 12.5 Å². The fraction of sp³-hybridized carbons (Fsp3) is 0.750. The Hall–Kier alpha value is -1.84. The summed E-state index contributed by atoms with van der Waals surface area (Å²) in [5, 5.41) is 8.14. The third kappa shape index (κ3) is 4.22. The molecular formula is C12H7F15O2. The zero-order valence-corrected chi connectivity index (χ0v) is 13.1. The first-order valence-corrected chi connectivity index (χ1v) is 6.65. The minimum absolute atomic E-state index is 0.265. The molecule has 0 aliphatic heterocycles. The highest BCUT2D eigenvalue weighted by atomic mass is 19.4. The lowest BCUT2D eigenvalue weighted by molar-refractivity contribution is -0.449. The molecule has 0 saturated heterocycles. The molecule has 0 heterocycles. The first-order valence-electron chi connectivity index (χ1n) is 6.65. The molecular weight excluding hydrogens is 461 g/mol. The van der Waals surface area contributed by atoms with Crippen molar-refractivity contribution >= 4 is 5.97 Å². The summed E-state index contributed by atoms with van der Waals surface area (Å²) < 4.78 is 192. The van der Waals surface area contributed by atoms with Gasteiger partial charge in [0.2, 0.25) is 0 Å². The van der Waals surface area contributed by atoms with Gasteiger partial charge in [-0.15, -0.1) is 0 Å². The Morgan fingerprint density at radius 2 is 0.966 bits per heavy atom. The van der Waals surface area contributed by atoms with E-state index in [-0.39, 0.29) is 6.08 Å². The Morgan fingerprint density at radius 3 is 1.31 bits per heavy atom. The summed E-state index contributed by atoms with van der Waals surface area (Å²) in [5.74, 6) is -48.6. The average molecular weight is 468 g/mol. The summed E-state index contributed by atoms with van der Waals surface area (Å²) in [6, 6.07) is 0. The summed E-state index contributed by atoms with van der Waals surface area (Å²) in [6.45, 7) is 0. The Kier molecular flexibility index (Phi) is 6.97. The second-order valence-corrected chi connectivity index (χ2v) is 5.33. The van der Waals surface area contributed by atoms with Gasteiger partial charge in [-0.1, -0.05) is 6.08 Å². The van der Waals surface area contributed by atoms with Crippen molar-refractivity contribution in [1.82, 2.24) is 0 Å². The third-order valence-electron chi connectivity index (χ3n) is 3.20. The number of allylic oxidation sites excluding steroid dienone is 2. The fourth-order valence-electron chi connectivity index (χ4n) is 1.52. The SMILES string of the molecule is O=C(O)CCC=CC(F)(F)C(F)(F)C(F)(F)C(F)(F)C(F)(F)C(F)(F)C(F)(F)F. The second kappa shape index (κ2) is 7.45. The van der Waals surface area contributed by atoms with E-state index in [0.717, 1.165) is 0 Å². The number of halogens is 15. The standard InChI is InChI=1S/C12H7F15O2/c13-6(14,4-2-1-3-5(28)29)7(15,16)8(17,18)9(19,20)10(21,22)11(23,24)12(25,26)27/h2,4H,1,3H2,(H,28,29). The largest absolute Gasteiger partial charge is 0.481 e. The molecule has 1 N–H and O–H groups in total. The minimum atomic E-state index is -8.33. The normalized spacial score (nSPS) is 15.8. The Morgan fingerprint density at radius 1 is 0.621 bits per heavy atom. The molecule has 0 radical (unpaired) electrons. The van der Waals surface area contributed by atoms with Gasteiger partial charge in [-0.2, -0.15) is 65.9 Å². The number of hydrogen-bond donors (Lipinski definition) is 1. The molecule has 0 bridgehead atoms. The highest BCUT2D eigenvalue weighted by Gasteiger charge is 2.93. The molecule has 0 saturated carbocycles. The molecule has 0 rings (SSSR count). The van der Waals surface area contributed by atoms with Crippen molar-refractivity contribution in [3.05, 3.63) is 12.2 Å². The van der Waals surface area contributed by atoms with Crippen LogP contribution in [0.15, 0.2) is 12.2 Å². The minimum Gasteiger partial charge on any atom is -0.481 e. The van der Waals surface area contributed by atoms with E-state index in [1.807, 2.05) is 0 Å². The topological polar surface area (TPSA) is 37.3 Å². The number of alkyl halides is 15. The van der Waals surface area contributed by atoms with Crippen LogP contribution < -0.4 is 0 Å². The molecule has 0 aliphatic carbocycles. The van der Waals surface area contributed by atoms with Crippen LogP contribution in [0.3, 0.4) is 0 Å². The van der Waals surface area contributed by atoms with Gasteiger partial charge in [0.05, 0.1) is 0 Å². The van der Waals surface area contributed by atoms with Gasteiger partial charge in [0, 0.05) is 6.42 Å². The smallest absolute Gasteiger partial charge is 0.460 e. The van der Waals surface area contributed by atoms with Crippen molar-refractivity contribution in [2.24, 2.45) is 0 Å². The quantitative estimate of drug-likeness (QED) is 0.344. The molecule has 0 fully saturated rings. The van der Waals surface area contributed by atoms with E-state index in [4.69, 9.17) is 5.11 Å². The lowest BCUT2D eigenvalue weighted by Gasteiger charge is -2.41. The Bertz CT molecular complexity index is 632. The van der Waals surface area contributed by atoms with Gasteiger partial charge in [0.25, 0.3) is 0 Å². The average Bonchev–Trinajstić information content (AvgIpc) is 2.49. The fourth-order valence-corrected chi connectivity index (χ4v) is 1.52. The van der Waals surface area contributed by atoms with E-state index in [1.54, 1.807) is 0 Å². The van der Waals surface area contributed by atoms with Crippen molar-refractivity contribution in [2.75, 3.05) is 0 Å². The van der Waals surface area contributed by atoms with Gasteiger partial charge in [-0.25, -0.2) is 0 Å². The Balaban J connectivity index is 6.25. The van der Waals surface area contributed by atoms with E-state index in [1.165, 1.54) is 0 Å². The van der Waals surface area contributed by atoms with Crippen molar-refractivity contribution in [2.45, 2.75) is 54.6 Å². The van der Waals surface area contributed by atoms with Gasteiger partial charge in [0.15, 0.2) is 0 Å². The lowest BCUT2D eigenvalue weighted by atomic mass is 9.91. The summed E-state index contributed by atoms with van der Waals surface area (Å²) in [7, 11) is 0. The van der Waals surface area contributed by atoms with Crippen molar-refractivity contribution < 1.29 is 75.8 Å². The summed E-state index contributed by atoms with van der Waals surface area (Å²) in [4.78, 5) is 10.1. The first-order chi connectivity index (χ1) is 12.4. The van der Waals surface area contributed by atoms with Crippen LogP contribution in [0.2, 0.25) is 0 Å². The highest BCUT2D eigenvalue weighted by Crippen LogP contribution is 2.62. The zero-order valence-electron chi connectivity index (χ0n) is 13.1. The summed E-state index contributed by atoms with van der Waals surface area (Å²) in [5.41, 5.74) is 0. The number of carboxylic acids is 1. The van der Waals surface area contributed by atoms with Gasteiger partial charge >= 0.3 is 47.7 Å². The molecule has 0 amide bonds. The van der Waals surface area contributed by atoms with Gasteiger partial charge < -0.3 is 5.11 Å². The maximum Gasteiger partial charge on any atom is 0.460 e. The molecule has 0 atom stereocenters. The van der Waals surface area contributed by atoms with Crippen LogP contribution in [0.4, 0.5) is 65.9 Å². The molecule has 17 heteroatoms. The molecule has 0 aromatic heterocycles. The number of hydrogen-bond acceptors (Lipinski definition) is 1. The van der Waals surface area contributed by atoms with Crippen LogP contribution in [-0.4, -0.2) is 52.8 Å². The highest BCUT2D eigenvalue weighted by molar-refractivity contribution is 5.66. The predicted molar refractivity (Wildman–Crippen MR) is 61.7 cm³/mol. The number of carboxylic acid groups (broad SMARTS) is 1. The summed E-state index contributed by atoms with van der Waals surface area (Å²) in [6.07, 6.45) is -11.4. The monoisotopic (exact) mass is 468 g/mol. The van der Waals surface area contributed by atoms with E-state index in [9.17, 15) is 70.7 Å². The maximum absolute atomic E-state index is 13.3. The van der Waals surface area contributed by atoms with Crippen molar-refractivity contribution in [3.8, 4) is 0 Å².